The number of halogens is 5. The molecule has 2 aromatic heterocycles. The molecule has 12 heteroatoms. The maximum atomic E-state index is 14.1. The Bertz CT molecular complexity index is 1360. The van der Waals surface area contributed by atoms with Crippen LogP contribution in [0.1, 0.15) is 17.1 Å². The summed E-state index contributed by atoms with van der Waals surface area (Å²) in [6.07, 6.45) is -3.27. The number of imidazole rings is 1. The van der Waals surface area contributed by atoms with Crippen LogP contribution < -0.4 is 4.74 Å². The number of benzene rings is 2. The monoisotopic (exact) mass is 475 g/mol. The summed E-state index contributed by atoms with van der Waals surface area (Å²) in [7, 11) is 0. The molecule has 0 amide bonds. The van der Waals surface area contributed by atoms with Gasteiger partial charge in [0, 0.05) is 11.6 Å². The van der Waals surface area contributed by atoms with Crippen molar-refractivity contribution in [2.75, 3.05) is 0 Å². The number of ether oxygens (including phenoxy) is 1. The Morgan fingerprint density at radius 2 is 1.88 bits per heavy atom. The van der Waals surface area contributed by atoms with Gasteiger partial charge in [0.1, 0.15) is 23.0 Å². The summed E-state index contributed by atoms with van der Waals surface area (Å²) in [6, 6.07) is 10.7. The van der Waals surface area contributed by atoms with Gasteiger partial charge in [0.2, 0.25) is 0 Å². The van der Waals surface area contributed by atoms with Gasteiger partial charge in [0.05, 0.1) is 30.6 Å². The number of H-pyrrole nitrogens is 1. The fourth-order valence-electron chi connectivity index (χ4n) is 3.45. The molecule has 1 aliphatic rings. The summed E-state index contributed by atoms with van der Waals surface area (Å²) in [4.78, 5) is 7.28. The van der Waals surface area contributed by atoms with Crippen LogP contribution >= 0.6 is 0 Å². The average molecular weight is 475 g/mol. The Morgan fingerprint density at radius 1 is 1.09 bits per heavy atom. The first-order valence-corrected chi connectivity index (χ1v) is 9.89. The van der Waals surface area contributed by atoms with Crippen LogP contribution in [0.15, 0.2) is 58.2 Å². The van der Waals surface area contributed by atoms with Crippen molar-refractivity contribution in [1.82, 2.24) is 20.1 Å². The number of alkyl halides is 3. The lowest BCUT2D eigenvalue weighted by molar-refractivity contribution is -0.274. The van der Waals surface area contributed by atoms with Gasteiger partial charge in [-0.1, -0.05) is 11.2 Å². The van der Waals surface area contributed by atoms with Crippen molar-refractivity contribution in [3.05, 3.63) is 77.3 Å². The van der Waals surface area contributed by atoms with Crippen molar-refractivity contribution in [2.45, 2.75) is 19.5 Å². The summed E-state index contributed by atoms with van der Waals surface area (Å²) in [5.41, 5.74) is 2.16. The van der Waals surface area contributed by atoms with E-state index in [0.717, 1.165) is 6.07 Å². The van der Waals surface area contributed by atoms with Crippen LogP contribution in [0.2, 0.25) is 0 Å². The van der Waals surface area contributed by atoms with E-state index in [1.54, 1.807) is 11.1 Å². The van der Waals surface area contributed by atoms with Gasteiger partial charge in [-0.3, -0.25) is 5.01 Å². The number of aromatic amines is 1. The number of rotatable bonds is 5. The molecule has 0 unspecified atom stereocenters. The second kappa shape index (κ2) is 8.28. The largest absolute Gasteiger partial charge is 0.573 e. The molecule has 0 bridgehead atoms. The molecule has 0 saturated carbocycles. The van der Waals surface area contributed by atoms with E-state index in [1.807, 2.05) is 0 Å². The van der Waals surface area contributed by atoms with Crippen LogP contribution in [0, 0.1) is 11.6 Å². The summed E-state index contributed by atoms with van der Waals surface area (Å²) in [5, 5.41) is 9.89. The first-order chi connectivity index (χ1) is 16.2. The zero-order valence-corrected chi connectivity index (χ0v) is 17.1. The van der Waals surface area contributed by atoms with Gasteiger partial charge in [-0.2, -0.15) is 5.10 Å². The number of nitrogens with zero attached hydrogens (tertiary/aromatic N) is 4. The molecule has 2 aromatic carbocycles. The number of aromatic nitrogens is 3. The molecule has 0 fully saturated rings. The molecule has 3 heterocycles. The van der Waals surface area contributed by atoms with Crippen molar-refractivity contribution in [3.63, 3.8) is 0 Å². The molecule has 1 N–H and O–H groups in total. The fraction of sp³-hybridized carbons (Fsp3) is 0.136. The lowest BCUT2D eigenvalue weighted by Crippen LogP contribution is -2.21. The highest BCUT2D eigenvalue weighted by Crippen LogP contribution is 2.28. The maximum Gasteiger partial charge on any atom is 0.573 e. The topological polar surface area (TPSA) is 79.5 Å². The molecule has 7 nitrogen and oxygen atoms in total. The van der Waals surface area contributed by atoms with E-state index in [9.17, 15) is 22.0 Å². The summed E-state index contributed by atoms with van der Waals surface area (Å²) in [5.74, 6) is -1.65. The standard InChI is InChI=1S/C22H14F5N5O2/c23-16-3-1-2-15(20(16)24)21-29-18-9-28-32(11-19(18)30-21)10-14-8-17(31-34-14)12-4-6-13(7-5-12)33-22(25,26)27/h1-9H,10-11H2,(H,29,30). The molecule has 0 aliphatic carbocycles. The van der Waals surface area contributed by atoms with Gasteiger partial charge in [-0.05, 0) is 36.4 Å². The molecule has 1 aliphatic heterocycles. The van der Waals surface area contributed by atoms with E-state index in [0.29, 0.717) is 35.0 Å². The first-order valence-electron chi connectivity index (χ1n) is 9.89. The minimum atomic E-state index is -4.77. The summed E-state index contributed by atoms with van der Waals surface area (Å²) >= 11 is 0. The van der Waals surface area contributed by atoms with Crippen LogP contribution in [-0.4, -0.2) is 32.7 Å². The van der Waals surface area contributed by atoms with E-state index in [-0.39, 0.29) is 23.7 Å². The Morgan fingerprint density at radius 3 is 2.65 bits per heavy atom. The van der Waals surface area contributed by atoms with Crippen LogP contribution in [0.4, 0.5) is 22.0 Å². The van der Waals surface area contributed by atoms with Crippen LogP contribution in [0.5, 0.6) is 5.75 Å². The minimum absolute atomic E-state index is 0.0147. The molecule has 4 aromatic rings. The average Bonchev–Trinajstić information content (AvgIpc) is 3.42. The molecular formula is C22H14F5N5O2. The van der Waals surface area contributed by atoms with Gasteiger partial charge in [0.25, 0.3) is 0 Å². The summed E-state index contributed by atoms with van der Waals surface area (Å²) in [6.45, 7) is 0.538. The highest BCUT2D eigenvalue weighted by molar-refractivity contribution is 5.80. The molecular weight excluding hydrogens is 461 g/mol. The Kier molecular flexibility index (Phi) is 5.27. The van der Waals surface area contributed by atoms with Gasteiger partial charge in [-0.15, -0.1) is 13.2 Å². The molecule has 174 valence electrons. The van der Waals surface area contributed by atoms with Crippen molar-refractivity contribution >= 4 is 6.21 Å². The Balaban J connectivity index is 1.27. The maximum absolute atomic E-state index is 14.1. The van der Waals surface area contributed by atoms with Crippen molar-refractivity contribution in [2.24, 2.45) is 5.10 Å². The molecule has 0 spiro atoms. The number of fused-ring (bicyclic) bond motifs is 1. The van der Waals surface area contributed by atoms with Crippen molar-refractivity contribution in [3.8, 4) is 28.4 Å². The van der Waals surface area contributed by atoms with Gasteiger partial charge >= 0.3 is 6.36 Å². The highest BCUT2D eigenvalue weighted by atomic mass is 19.4. The minimum Gasteiger partial charge on any atom is -0.406 e. The fourth-order valence-corrected chi connectivity index (χ4v) is 3.45. The van der Waals surface area contributed by atoms with E-state index < -0.39 is 18.0 Å². The zero-order chi connectivity index (χ0) is 23.9. The molecule has 0 radical (unpaired) electrons. The predicted molar refractivity (Wildman–Crippen MR) is 109 cm³/mol. The van der Waals surface area contributed by atoms with Crippen molar-refractivity contribution in [1.29, 1.82) is 0 Å². The lowest BCUT2D eigenvalue weighted by Gasteiger charge is -2.19. The Labute approximate surface area is 188 Å². The van der Waals surface area contributed by atoms with E-state index in [1.165, 1.54) is 42.6 Å². The first kappa shape index (κ1) is 21.6. The van der Waals surface area contributed by atoms with Gasteiger partial charge in [0.15, 0.2) is 17.4 Å². The normalized spacial score (nSPS) is 13.3. The van der Waals surface area contributed by atoms with Gasteiger partial charge < -0.3 is 14.2 Å². The number of hydrogen-bond acceptors (Lipinski definition) is 6. The Hall–Kier alpha value is -4.22. The third-order valence-corrected chi connectivity index (χ3v) is 4.98. The second-order valence-corrected chi connectivity index (χ2v) is 7.37. The number of hydrazone groups is 1. The van der Waals surface area contributed by atoms with Crippen molar-refractivity contribution < 1.29 is 31.2 Å². The molecule has 34 heavy (non-hydrogen) atoms. The summed E-state index contributed by atoms with van der Waals surface area (Å²) < 4.78 is 73.7. The third kappa shape index (κ3) is 4.47. The van der Waals surface area contributed by atoms with E-state index in [4.69, 9.17) is 4.52 Å². The van der Waals surface area contributed by atoms with Crippen LogP contribution in [0.25, 0.3) is 22.6 Å². The number of nitrogens with one attached hydrogen (secondary N) is 1. The second-order valence-electron chi connectivity index (χ2n) is 7.37. The number of hydrogen-bond donors (Lipinski definition) is 1. The molecule has 0 saturated heterocycles. The highest BCUT2D eigenvalue weighted by Gasteiger charge is 2.31. The van der Waals surface area contributed by atoms with Crippen LogP contribution in [0.3, 0.4) is 0 Å². The van der Waals surface area contributed by atoms with Gasteiger partial charge in [-0.25, -0.2) is 13.8 Å². The molecule has 0 atom stereocenters. The smallest absolute Gasteiger partial charge is 0.406 e. The predicted octanol–water partition coefficient (Wildman–Crippen LogP) is 5.26. The SMILES string of the molecule is Fc1cccc(-c2nc3c([nH]2)CN(Cc2cc(-c4ccc(OC(F)(F)F)cc4)no2)N=C3)c1F. The van der Waals surface area contributed by atoms with Crippen LogP contribution in [-0.2, 0) is 13.1 Å². The van der Waals surface area contributed by atoms with E-state index in [2.05, 4.69) is 25.0 Å². The molecule has 5 rings (SSSR count). The quantitative estimate of drug-likeness (QED) is 0.399. The third-order valence-electron chi connectivity index (χ3n) is 4.98. The zero-order valence-electron chi connectivity index (χ0n) is 17.1. The van der Waals surface area contributed by atoms with E-state index >= 15 is 0 Å². The lowest BCUT2D eigenvalue weighted by atomic mass is 10.1.